The van der Waals surface area contributed by atoms with Crippen molar-refractivity contribution in [1.82, 2.24) is 0 Å². The highest BCUT2D eigenvalue weighted by Gasteiger charge is 2.35. The van der Waals surface area contributed by atoms with Crippen LogP contribution in [0.1, 0.15) is 19.3 Å². The molecule has 0 aromatic carbocycles. The lowest BCUT2D eigenvalue weighted by atomic mass is 9.79. The van der Waals surface area contributed by atoms with Gasteiger partial charge in [-0.05, 0) is 12.8 Å². The summed E-state index contributed by atoms with van der Waals surface area (Å²) in [5.41, 5.74) is -0.813. The molecular formula is C8H12F2O2. The van der Waals surface area contributed by atoms with E-state index in [0.29, 0.717) is 32.3 Å². The topological polar surface area (TPSA) is 26.3 Å². The Morgan fingerprint density at radius 2 is 2.00 bits per heavy atom. The van der Waals surface area contributed by atoms with Crippen molar-refractivity contribution in [1.29, 1.82) is 0 Å². The zero-order chi connectivity index (χ0) is 9.03. The number of ether oxygens (including phenoxy) is 1. The normalized spacial score (nSPS) is 22.6. The van der Waals surface area contributed by atoms with E-state index in [1.54, 1.807) is 0 Å². The van der Waals surface area contributed by atoms with Crippen LogP contribution in [0.2, 0.25) is 0 Å². The molecule has 0 saturated carbocycles. The number of halogens is 2. The molecule has 0 spiro atoms. The highest BCUT2D eigenvalue weighted by molar-refractivity contribution is 5.59. The van der Waals surface area contributed by atoms with Gasteiger partial charge >= 0.3 is 0 Å². The average Bonchev–Trinajstić information content (AvgIpc) is 2.05. The van der Waals surface area contributed by atoms with Gasteiger partial charge in [-0.25, -0.2) is 8.78 Å². The summed E-state index contributed by atoms with van der Waals surface area (Å²) in [7, 11) is 0. The molecule has 0 N–H and O–H groups in total. The van der Waals surface area contributed by atoms with Crippen LogP contribution in [0.3, 0.4) is 0 Å². The van der Waals surface area contributed by atoms with Crippen molar-refractivity contribution < 1.29 is 18.3 Å². The fourth-order valence-corrected chi connectivity index (χ4v) is 1.46. The summed E-state index contributed by atoms with van der Waals surface area (Å²) >= 11 is 0. The molecule has 70 valence electrons. The summed E-state index contributed by atoms with van der Waals surface area (Å²) in [5, 5.41) is 0. The third kappa shape index (κ3) is 2.24. The Morgan fingerprint density at radius 1 is 1.42 bits per heavy atom. The van der Waals surface area contributed by atoms with Gasteiger partial charge in [0.1, 0.15) is 6.29 Å². The van der Waals surface area contributed by atoms with Crippen LogP contribution < -0.4 is 0 Å². The molecule has 1 fully saturated rings. The van der Waals surface area contributed by atoms with Crippen LogP contribution in [0.15, 0.2) is 0 Å². The van der Waals surface area contributed by atoms with Gasteiger partial charge in [-0.15, -0.1) is 0 Å². The van der Waals surface area contributed by atoms with Gasteiger partial charge in [-0.1, -0.05) is 0 Å². The highest BCUT2D eigenvalue weighted by atomic mass is 19.3. The molecule has 12 heavy (non-hydrogen) atoms. The fourth-order valence-electron chi connectivity index (χ4n) is 1.46. The van der Waals surface area contributed by atoms with Crippen molar-refractivity contribution in [3.8, 4) is 0 Å². The van der Waals surface area contributed by atoms with E-state index >= 15 is 0 Å². The quantitative estimate of drug-likeness (QED) is 0.614. The number of carbonyl (C=O) groups excluding carboxylic acids is 1. The second-order valence-electron chi connectivity index (χ2n) is 3.19. The fraction of sp³-hybridized carbons (Fsp3) is 0.875. The van der Waals surface area contributed by atoms with Crippen molar-refractivity contribution in [3.63, 3.8) is 0 Å². The molecule has 0 amide bonds. The smallest absolute Gasteiger partial charge is 0.239 e. The molecule has 0 aliphatic carbocycles. The Labute approximate surface area is 69.9 Å². The van der Waals surface area contributed by atoms with Gasteiger partial charge in [0.05, 0.1) is 0 Å². The number of rotatable bonds is 3. The molecule has 1 rings (SSSR count). The molecule has 1 saturated heterocycles. The Hall–Kier alpha value is -0.510. The number of alkyl halides is 2. The summed E-state index contributed by atoms with van der Waals surface area (Å²) in [6.07, 6.45) is -1.18. The van der Waals surface area contributed by atoms with Crippen molar-refractivity contribution in [2.24, 2.45) is 5.41 Å². The highest BCUT2D eigenvalue weighted by Crippen LogP contribution is 2.34. The third-order valence-corrected chi connectivity index (χ3v) is 2.30. The molecule has 0 unspecified atom stereocenters. The number of carbonyl (C=O) groups is 1. The van der Waals surface area contributed by atoms with Gasteiger partial charge in [0.2, 0.25) is 6.43 Å². The van der Waals surface area contributed by atoms with Crippen LogP contribution in [0.4, 0.5) is 8.78 Å². The van der Waals surface area contributed by atoms with E-state index in [-0.39, 0.29) is 6.42 Å². The molecule has 1 aliphatic rings. The molecule has 1 heterocycles. The average molecular weight is 178 g/mol. The predicted molar refractivity (Wildman–Crippen MR) is 39.2 cm³/mol. The van der Waals surface area contributed by atoms with Crippen LogP contribution in [-0.4, -0.2) is 25.9 Å². The maximum absolute atomic E-state index is 12.1. The first-order valence-corrected chi connectivity index (χ1v) is 4.01. The number of aldehydes is 1. The molecule has 0 aromatic rings. The maximum Gasteiger partial charge on any atom is 0.239 e. The van der Waals surface area contributed by atoms with E-state index in [0.717, 1.165) is 0 Å². The number of hydrogen-bond acceptors (Lipinski definition) is 2. The first kappa shape index (κ1) is 9.58. The first-order chi connectivity index (χ1) is 5.68. The summed E-state index contributed by atoms with van der Waals surface area (Å²) in [6, 6.07) is 0. The molecule has 0 radical (unpaired) electrons. The minimum atomic E-state index is -2.40. The van der Waals surface area contributed by atoms with E-state index < -0.39 is 11.8 Å². The summed E-state index contributed by atoms with van der Waals surface area (Å²) in [6.45, 7) is 0.844. The monoisotopic (exact) mass is 178 g/mol. The van der Waals surface area contributed by atoms with Crippen molar-refractivity contribution >= 4 is 6.29 Å². The van der Waals surface area contributed by atoms with Crippen molar-refractivity contribution in [3.05, 3.63) is 0 Å². The van der Waals surface area contributed by atoms with Gasteiger partial charge in [0.15, 0.2) is 0 Å². The van der Waals surface area contributed by atoms with E-state index in [1.807, 2.05) is 0 Å². The van der Waals surface area contributed by atoms with Gasteiger partial charge < -0.3 is 9.53 Å². The zero-order valence-corrected chi connectivity index (χ0v) is 6.76. The van der Waals surface area contributed by atoms with Crippen molar-refractivity contribution in [2.75, 3.05) is 13.2 Å². The Kier molecular flexibility index (Phi) is 3.14. The SMILES string of the molecule is O=CC1(CC(F)F)CCOCC1. The predicted octanol–water partition coefficient (Wildman–Crippen LogP) is 1.64. The van der Waals surface area contributed by atoms with Crippen molar-refractivity contribution in [2.45, 2.75) is 25.7 Å². The minimum Gasteiger partial charge on any atom is -0.381 e. The van der Waals surface area contributed by atoms with Gasteiger partial charge in [0.25, 0.3) is 0 Å². The van der Waals surface area contributed by atoms with Crippen LogP contribution in [0.5, 0.6) is 0 Å². The third-order valence-electron chi connectivity index (χ3n) is 2.30. The van der Waals surface area contributed by atoms with Crippen LogP contribution in [-0.2, 0) is 9.53 Å². The van der Waals surface area contributed by atoms with Crippen LogP contribution >= 0.6 is 0 Å². The lowest BCUT2D eigenvalue weighted by Crippen LogP contribution is -2.32. The van der Waals surface area contributed by atoms with E-state index in [4.69, 9.17) is 4.74 Å². The van der Waals surface area contributed by atoms with E-state index in [9.17, 15) is 13.6 Å². The lowest BCUT2D eigenvalue weighted by Gasteiger charge is -2.31. The summed E-state index contributed by atoms with van der Waals surface area (Å²) in [5.74, 6) is 0. The summed E-state index contributed by atoms with van der Waals surface area (Å²) in [4.78, 5) is 10.6. The maximum atomic E-state index is 12.1. The second-order valence-corrected chi connectivity index (χ2v) is 3.19. The second kappa shape index (κ2) is 3.94. The number of hydrogen-bond donors (Lipinski definition) is 0. The minimum absolute atomic E-state index is 0.320. The molecule has 0 atom stereocenters. The van der Waals surface area contributed by atoms with Crippen LogP contribution in [0.25, 0.3) is 0 Å². The van der Waals surface area contributed by atoms with E-state index in [2.05, 4.69) is 0 Å². The van der Waals surface area contributed by atoms with Gasteiger partial charge in [-0.2, -0.15) is 0 Å². The Morgan fingerprint density at radius 3 is 2.42 bits per heavy atom. The largest absolute Gasteiger partial charge is 0.381 e. The van der Waals surface area contributed by atoms with E-state index in [1.165, 1.54) is 0 Å². The molecule has 1 aliphatic heterocycles. The first-order valence-electron chi connectivity index (χ1n) is 4.01. The van der Waals surface area contributed by atoms with Crippen LogP contribution in [0, 0.1) is 5.41 Å². The molecule has 4 heteroatoms. The zero-order valence-electron chi connectivity index (χ0n) is 6.76. The van der Waals surface area contributed by atoms with Gasteiger partial charge in [0, 0.05) is 25.0 Å². The Balaban J connectivity index is 2.53. The lowest BCUT2D eigenvalue weighted by molar-refractivity contribution is -0.124. The van der Waals surface area contributed by atoms with Gasteiger partial charge in [-0.3, -0.25) is 0 Å². The molecule has 2 nitrogen and oxygen atoms in total. The Bertz CT molecular complexity index is 153. The summed E-state index contributed by atoms with van der Waals surface area (Å²) < 4.78 is 29.1. The standard InChI is InChI=1S/C8H12F2O2/c9-7(10)5-8(6-11)1-3-12-4-2-8/h6-7H,1-5H2. The molecule has 0 aromatic heterocycles. The molecule has 0 bridgehead atoms. The molecular weight excluding hydrogens is 166 g/mol.